The number of fused-ring (bicyclic) bond motifs is 3. The van der Waals surface area contributed by atoms with Gasteiger partial charge in [-0.25, -0.2) is 4.79 Å². The number of nitrogens with zero attached hydrogens (tertiary/aromatic N) is 4. The third-order valence-electron chi connectivity index (χ3n) is 5.32. The molecule has 2 amide bonds. The van der Waals surface area contributed by atoms with Crippen molar-refractivity contribution in [3.63, 3.8) is 0 Å². The van der Waals surface area contributed by atoms with Crippen molar-refractivity contribution in [2.45, 2.75) is 25.2 Å². The molecule has 0 spiro atoms. The Kier molecular flexibility index (Phi) is 5.22. The maximum atomic E-state index is 12.5. The predicted molar refractivity (Wildman–Crippen MR) is 83.9 cm³/mol. The summed E-state index contributed by atoms with van der Waals surface area (Å²) in [6.07, 6.45) is -4.19. The van der Waals surface area contributed by atoms with Gasteiger partial charge in [0.2, 0.25) is 0 Å². The number of nitrogens with one attached hydrogen (secondary N) is 1. The normalized spacial score (nSPS) is 34.4. The summed E-state index contributed by atoms with van der Waals surface area (Å²) in [6, 6.07) is -0.0989. The average Bonchev–Trinajstić information content (AvgIpc) is 2.54. The lowest BCUT2D eigenvalue weighted by Gasteiger charge is -2.47. The molecule has 4 fully saturated rings. The summed E-state index contributed by atoms with van der Waals surface area (Å²) in [5.74, 6) is 0. The van der Waals surface area contributed by atoms with Gasteiger partial charge in [-0.05, 0) is 6.92 Å². The summed E-state index contributed by atoms with van der Waals surface area (Å²) in [6.45, 7) is 7.66. The molecule has 4 saturated heterocycles. The van der Waals surface area contributed by atoms with E-state index in [1.165, 1.54) is 4.90 Å². The summed E-state index contributed by atoms with van der Waals surface area (Å²) in [5, 5.41) is 2.97. The van der Waals surface area contributed by atoms with Crippen LogP contribution in [0.3, 0.4) is 0 Å². The minimum Gasteiger partial charge on any atom is -0.336 e. The molecule has 0 aromatic rings. The Hall–Kier alpha value is -1.06. The lowest BCUT2D eigenvalue weighted by atomic mass is 10.1. The van der Waals surface area contributed by atoms with E-state index in [1.54, 1.807) is 11.8 Å². The van der Waals surface area contributed by atoms with E-state index in [1.807, 2.05) is 0 Å². The van der Waals surface area contributed by atoms with Gasteiger partial charge in [0.1, 0.15) is 0 Å². The minimum atomic E-state index is -4.19. The molecule has 0 aromatic heterocycles. The molecule has 0 aliphatic carbocycles. The van der Waals surface area contributed by atoms with E-state index in [0.717, 1.165) is 32.7 Å². The maximum absolute atomic E-state index is 12.5. The first-order valence-electron chi connectivity index (χ1n) is 8.62. The third-order valence-corrected chi connectivity index (χ3v) is 5.32. The van der Waals surface area contributed by atoms with Gasteiger partial charge < -0.3 is 10.2 Å². The van der Waals surface area contributed by atoms with Gasteiger partial charge in [0.25, 0.3) is 0 Å². The van der Waals surface area contributed by atoms with Gasteiger partial charge in [-0.1, -0.05) is 0 Å². The quantitative estimate of drug-likeness (QED) is 0.794. The monoisotopic (exact) mass is 349 g/mol. The van der Waals surface area contributed by atoms with Crippen molar-refractivity contribution in [3.8, 4) is 0 Å². The van der Waals surface area contributed by atoms with Crippen molar-refractivity contribution >= 4 is 6.03 Å². The van der Waals surface area contributed by atoms with Crippen molar-refractivity contribution in [3.05, 3.63) is 0 Å². The smallest absolute Gasteiger partial charge is 0.336 e. The second-order valence-corrected chi connectivity index (χ2v) is 7.06. The molecule has 0 radical (unpaired) electrons. The first kappa shape index (κ1) is 17.8. The van der Waals surface area contributed by atoms with Crippen LogP contribution in [0.5, 0.6) is 0 Å². The number of hydrogen-bond acceptors (Lipinski definition) is 4. The topological polar surface area (TPSA) is 42.1 Å². The first-order valence-corrected chi connectivity index (χ1v) is 8.62. The largest absolute Gasteiger partial charge is 0.401 e. The number of carbonyl (C=O) groups is 1. The second kappa shape index (κ2) is 7.05. The zero-order chi connectivity index (χ0) is 17.3. The second-order valence-electron chi connectivity index (χ2n) is 7.06. The fraction of sp³-hybridized carbons (Fsp3) is 0.933. The highest BCUT2D eigenvalue weighted by Crippen LogP contribution is 2.20. The average molecular weight is 349 g/mol. The van der Waals surface area contributed by atoms with Crippen LogP contribution in [0.2, 0.25) is 0 Å². The van der Waals surface area contributed by atoms with E-state index in [4.69, 9.17) is 0 Å². The fourth-order valence-corrected chi connectivity index (χ4v) is 3.88. The Bertz CT molecular complexity index is 453. The number of hydrogen-bond donors (Lipinski definition) is 1. The van der Waals surface area contributed by atoms with Crippen LogP contribution in [-0.4, -0.2) is 109 Å². The zero-order valence-corrected chi connectivity index (χ0v) is 14.1. The molecular formula is C15H26F3N5O. The molecule has 138 valence electrons. The number of urea groups is 1. The summed E-state index contributed by atoms with van der Waals surface area (Å²) < 4.78 is 37.6. The van der Waals surface area contributed by atoms with E-state index in [2.05, 4.69) is 15.1 Å². The first-order chi connectivity index (χ1) is 11.3. The predicted octanol–water partition coefficient (Wildman–Crippen LogP) is 0.264. The molecule has 0 aromatic carbocycles. The van der Waals surface area contributed by atoms with Crippen LogP contribution < -0.4 is 5.32 Å². The molecule has 0 unspecified atom stereocenters. The summed E-state index contributed by atoms with van der Waals surface area (Å²) >= 11 is 0. The van der Waals surface area contributed by atoms with Crippen molar-refractivity contribution in [2.24, 2.45) is 0 Å². The van der Waals surface area contributed by atoms with Crippen LogP contribution >= 0.6 is 0 Å². The van der Waals surface area contributed by atoms with Crippen LogP contribution in [0.4, 0.5) is 18.0 Å². The molecule has 24 heavy (non-hydrogen) atoms. The fourth-order valence-electron chi connectivity index (χ4n) is 3.88. The number of rotatable bonds is 3. The van der Waals surface area contributed by atoms with Gasteiger partial charge in [-0.3, -0.25) is 14.7 Å². The van der Waals surface area contributed by atoms with Gasteiger partial charge >= 0.3 is 12.2 Å². The number of halogens is 3. The molecule has 4 aliphatic rings. The third kappa shape index (κ3) is 4.31. The van der Waals surface area contributed by atoms with Gasteiger partial charge in [0.15, 0.2) is 0 Å². The van der Waals surface area contributed by atoms with E-state index in [0.29, 0.717) is 25.7 Å². The van der Waals surface area contributed by atoms with Crippen LogP contribution in [0.25, 0.3) is 0 Å². The van der Waals surface area contributed by atoms with Crippen LogP contribution in [0.15, 0.2) is 0 Å². The number of piperazine rings is 4. The molecule has 9 heteroatoms. The van der Waals surface area contributed by atoms with Crippen molar-refractivity contribution in [2.75, 3.05) is 65.4 Å². The number of amides is 2. The van der Waals surface area contributed by atoms with E-state index < -0.39 is 12.7 Å². The van der Waals surface area contributed by atoms with Gasteiger partial charge in [0, 0.05) is 71.0 Å². The van der Waals surface area contributed by atoms with Crippen LogP contribution in [0, 0.1) is 0 Å². The molecule has 0 saturated carbocycles. The minimum absolute atomic E-state index is 0.161. The maximum Gasteiger partial charge on any atom is 0.401 e. The zero-order valence-electron chi connectivity index (χ0n) is 14.1. The van der Waals surface area contributed by atoms with Gasteiger partial charge in [-0.2, -0.15) is 13.2 Å². The highest BCUT2D eigenvalue weighted by Gasteiger charge is 2.36. The lowest BCUT2D eigenvalue weighted by molar-refractivity contribution is -0.153. The Labute approximate surface area is 140 Å². The number of alkyl halides is 3. The summed E-state index contributed by atoms with van der Waals surface area (Å²) in [7, 11) is 0. The molecule has 2 atom stereocenters. The molecular weight excluding hydrogens is 323 g/mol. The van der Waals surface area contributed by atoms with Crippen LogP contribution in [0.1, 0.15) is 6.92 Å². The highest BCUT2D eigenvalue weighted by atomic mass is 19.4. The lowest BCUT2D eigenvalue weighted by Crippen LogP contribution is -2.64. The molecule has 4 aliphatic heterocycles. The Balaban J connectivity index is 1.43. The van der Waals surface area contributed by atoms with Gasteiger partial charge in [0.05, 0.1) is 6.54 Å². The summed E-state index contributed by atoms with van der Waals surface area (Å²) in [5.41, 5.74) is 0. The standard InChI is InChI=1S/C15H26F3N5O/c1-12-9-22(6-7-23(12)11-15(16,17)18)14(24)19-8-13-10-20-2-4-21(13)5-3-20/h12-13H,2-11H2,1H3,(H,19,24)/t12-,13+/m1/s1. The number of carbonyl (C=O) groups excluding carboxylic acids is 1. The Morgan fingerprint density at radius 3 is 2.33 bits per heavy atom. The van der Waals surface area contributed by atoms with E-state index >= 15 is 0 Å². The Morgan fingerprint density at radius 2 is 1.79 bits per heavy atom. The van der Waals surface area contributed by atoms with Gasteiger partial charge in [-0.15, -0.1) is 0 Å². The van der Waals surface area contributed by atoms with Crippen molar-refractivity contribution in [1.29, 1.82) is 0 Å². The molecule has 6 nitrogen and oxygen atoms in total. The molecule has 4 rings (SSSR count). The SMILES string of the molecule is C[C@@H]1CN(C(=O)NC[C@H]2CN3CCN2CC3)CCN1CC(F)(F)F. The van der Waals surface area contributed by atoms with E-state index in [9.17, 15) is 18.0 Å². The van der Waals surface area contributed by atoms with E-state index in [-0.39, 0.29) is 18.6 Å². The molecule has 2 bridgehead atoms. The van der Waals surface area contributed by atoms with Crippen molar-refractivity contribution < 1.29 is 18.0 Å². The summed E-state index contributed by atoms with van der Waals surface area (Å²) in [4.78, 5) is 20.2. The molecule has 4 heterocycles. The van der Waals surface area contributed by atoms with Crippen LogP contribution in [-0.2, 0) is 0 Å². The highest BCUT2D eigenvalue weighted by molar-refractivity contribution is 5.74. The molecule has 1 N–H and O–H groups in total. The van der Waals surface area contributed by atoms with Crippen molar-refractivity contribution in [1.82, 2.24) is 24.9 Å². The Morgan fingerprint density at radius 1 is 1.08 bits per heavy atom.